The van der Waals surface area contributed by atoms with E-state index in [1.54, 1.807) is 6.07 Å². The van der Waals surface area contributed by atoms with Crippen molar-refractivity contribution < 1.29 is 9.59 Å². The SMILES string of the molecule is O=C1CCC(C(=O)Nc2ccc(Br)c(I)c2)=NN1. The Morgan fingerprint density at radius 3 is 2.83 bits per heavy atom. The molecule has 7 heteroatoms. The van der Waals surface area contributed by atoms with Crippen LogP contribution in [-0.2, 0) is 9.59 Å². The zero-order valence-electron chi connectivity index (χ0n) is 9.17. The van der Waals surface area contributed by atoms with Gasteiger partial charge in [0.1, 0.15) is 5.71 Å². The van der Waals surface area contributed by atoms with Gasteiger partial charge in [-0.2, -0.15) is 5.10 Å². The molecular weight excluding hydrogens is 413 g/mol. The van der Waals surface area contributed by atoms with Crippen LogP contribution in [0.2, 0.25) is 0 Å². The second-order valence-corrected chi connectivity index (χ2v) is 5.69. The van der Waals surface area contributed by atoms with Crippen LogP contribution in [0.4, 0.5) is 5.69 Å². The van der Waals surface area contributed by atoms with Gasteiger partial charge in [-0.15, -0.1) is 0 Å². The average molecular weight is 422 g/mol. The molecule has 1 aromatic carbocycles. The molecule has 0 atom stereocenters. The van der Waals surface area contributed by atoms with E-state index in [0.29, 0.717) is 24.2 Å². The third kappa shape index (κ3) is 3.29. The Labute approximate surface area is 126 Å². The summed E-state index contributed by atoms with van der Waals surface area (Å²) in [6, 6.07) is 5.51. The minimum absolute atomic E-state index is 0.162. The van der Waals surface area contributed by atoms with Crippen LogP contribution in [0.25, 0.3) is 0 Å². The molecule has 5 nitrogen and oxygen atoms in total. The van der Waals surface area contributed by atoms with Gasteiger partial charge in [0.15, 0.2) is 0 Å². The van der Waals surface area contributed by atoms with E-state index in [-0.39, 0.29) is 11.8 Å². The van der Waals surface area contributed by atoms with Crippen LogP contribution in [0.5, 0.6) is 0 Å². The number of carbonyl (C=O) groups excluding carboxylic acids is 2. The predicted molar refractivity (Wildman–Crippen MR) is 80.3 cm³/mol. The molecule has 2 rings (SSSR count). The molecule has 0 spiro atoms. The zero-order valence-corrected chi connectivity index (χ0v) is 12.9. The standard InChI is InChI=1S/C11H9BrIN3O2/c12-7-2-1-6(5-8(7)13)14-11(18)9-3-4-10(17)16-15-9/h1-2,5H,3-4H2,(H,14,18)(H,16,17). The van der Waals surface area contributed by atoms with Gasteiger partial charge in [0, 0.05) is 26.6 Å². The summed E-state index contributed by atoms with van der Waals surface area (Å²) < 4.78 is 1.98. The maximum Gasteiger partial charge on any atom is 0.271 e. The van der Waals surface area contributed by atoms with Crippen LogP contribution < -0.4 is 10.7 Å². The fraction of sp³-hybridized carbons (Fsp3) is 0.182. The molecule has 0 radical (unpaired) electrons. The van der Waals surface area contributed by atoms with E-state index < -0.39 is 0 Å². The molecule has 94 valence electrons. The van der Waals surface area contributed by atoms with Crippen LogP contribution >= 0.6 is 38.5 Å². The first-order valence-corrected chi connectivity index (χ1v) is 7.05. The maximum atomic E-state index is 11.9. The number of nitrogens with zero attached hydrogens (tertiary/aromatic N) is 1. The highest BCUT2D eigenvalue weighted by molar-refractivity contribution is 14.1. The second-order valence-electron chi connectivity index (χ2n) is 3.68. The van der Waals surface area contributed by atoms with Crippen molar-refractivity contribution in [3.8, 4) is 0 Å². The Kier molecular flexibility index (Phi) is 4.33. The summed E-state index contributed by atoms with van der Waals surface area (Å²) in [6.45, 7) is 0. The first-order chi connectivity index (χ1) is 8.56. The van der Waals surface area contributed by atoms with Crippen LogP contribution in [0.3, 0.4) is 0 Å². The summed E-state index contributed by atoms with van der Waals surface area (Å²) in [5.74, 6) is -0.446. The van der Waals surface area contributed by atoms with Gasteiger partial charge in [-0.1, -0.05) is 0 Å². The quantitative estimate of drug-likeness (QED) is 0.719. The lowest BCUT2D eigenvalue weighted by atomic mass is 10.1. The Morgan fingerprint density at radius 2 is 2.22 bits per heavy atom. The molecular formula is C11H9BrIN3O2. The first-order valence-electron chi connectivity index (χ1n) is 5.18. The van der Waals surface area contributed by atoms with Crippen molar-refractivity contribution in [3.05, 3.63) is 26.2 Å². The molecule has 0 fully saturated rings. The van der Waals surface area contributed by atoms with Gasteiger partial charge in [-0.3, -0.25) is 9.59 Å². The Bertz CT molecular complexity index is 545. The number of hydrazone groups is 1. The van der Waals surface area contributed by atoms with Crippen LogP contribution in [0.1, 0.15) is 12.8 Å². The van der Waals surface area contributed by atoms with Gasteiger partial charge in [-0.05, 0) is 56.7 Å². The molecule has 18 heavy (non-hydrogen) atoms. The van der Waals surface area contributed by atoms with Gasteiger partial charge >= 0.3 is 0 Å². The van der Waals surface area contributed by atoms with Crippen molar-refractivity contribution >= 4 is 61.7 Å². The molecule has 1 heterocycles. The van der Waals surface area contributed by atoms with Crippen molar-refractivity contribution in [1.82, 2.24) is 5.43 Å². The van der Waals surface area contributed by atoms with Gasteiger partial charge in [0.25, 0.3) is 5.91 Å². The van der Waals surface area contributed by atoms with Crippen LogP contribution in [-0.4, -0.2) is 17.5 Å². The third-order valence-corrected chi connectivity index (χ3v) is 4.67. The molecule has 0 saturated carbocycles. The number of benzene rings is 1. The maximum absolute atomic E-state index is 11.9. The first kappa shape index (κ1) is 13.5. The Morgan fingerprint density at radius 1 is 1.44 bits per heavy atom. The number of hydrogen-bond donors (Lipinski definition) is 2. The average Bonchev–Trinajstić information content (AvgIpc) is 2.34. The number of rotatable bonds is 2. The monoisotopic (exact) mass is 421 g/mol. The van der Waals surface area contributed by atoms with Gasteiger partial charge in [0.05, 0.1) is 0 Å². The molecule has 0 aromatic heterocycles. The molecule has 0 saturated heterocycles. The van der Waals surface area contributed by atoms with Gasteiger partial charge < -0.3 is 5.32 Å². The number of anilines is 1. The molecule has 0 unspecified atom stereocenters. The number of nitrogens with one attached hydrogen (secondary N) is 2. The highest BCUT2D eigenvalue weighted by Crippen LogP contribution is 2.22. The van der Waals surface area contributed by atoms with Crippen LogP contribution in [0.15, 0.2) is 27.8 Å². The summed E-state index contributed by atoms with van der Waals surface area (Å²) in [5.41, 5.74) is 3.34. The number of halogens is 2. The largest absolute Gasteiger partial charge is 0.321 e. The predicted octanol–water partition coefficient (Wildman–Crippen LogP) is 2.26. The molecule has 1 aromatic rings. The second kappa shape index (κ2) is 5.79. The molecule has 0 bridgehead atoms. The van der Waals surface area contributed by atoms with E-state index in [0.717, 1.165) is 8.04 Å². The molecule has 2 N–H and O–H groups in total. The van der Waals surface area contributed by atoms with Gasteiger partial charge in [0.2, 0.25) is 5.91 Å². The van der Waals surface area contributed by atoms with Crippen LogP contribution in [0, 0.1) is 3.57 Å². The number of amides is 2. The van der Waals surface area contributed by atoms with Crippen molar-refractivity contribution in [2.75, 3.05) is 5.32 Å². The van der Waals surface area contributed by atoms with Crippen molar-refractivity contribution in [1.29, 1.82) is 0 Å². The van der Waals surface area contributed by atoms with E-state index in [4.69, 9.17) is 0 Å². The summed E-state index contributed by atoms with van der Waals surface area (Å²) in [4.78, 5) is 22.8. The van der Waals surface area contributed by atoms with Gasteiger partial charge in [-0.25, -0.2) is 5.43 Å². The molecule has 1 aliphatic heterocycles. The Balaban J connectivity index is 2.07. The van der Waals surface area contributed by atoms with E-state index in [1.807, 2.05) is 12.1 Å². The lowest BCUT2D eigenvalue weighted by Crippen LogP contribution is -2.32. The fourth-order valence-corrected chi connectivity index (χ4v) is 2.18. The molecule has 0 aliphatic carbocycles. The number of carbonyl (C=O) groups is 2. The van der Waals surface area contributed by atoms with E-state index in [9.17, 15) is 9.59 Å². The van der Waals surface area contributed by atoms with Crippen molar-refractivity contribution in [3.63, 3.8) is 0 Å². The van der Waals surface area contributed by atoms with E-state index >= 15 is 0 Å². The fourth-order valence-electron chi connectivity index (χ4n) is 1.41. The summed E-state index contributed by atoms with van der Waals surface area (Å²) in [7, 11) is 0. The summed E-state index contributed by atoms with van der Waals surface area (Å²) in [5, 5.41) is 6.49. The highest BCUT2D eigenvalue weighted by Gasteiger charge is 2.18. The normalized spacial score (nSPS) is 14.8. The molecule has 2 amide bonds. The lowest BCUT2D eigenvalue weighted by molar-refractivity contribution is -0.121. The minimum Gasteiger partial charge on any atom is -0.321 e. The third-order valence-electron chi connectivity index (χ3n) is 2.34. The number of hydrogen-bond acceptors (Lipinski definition) is 3. The highest BCUT2D eigenvalue weighted by atomic mass is 127. The summed E-state index contributed by atoms with van der Waals surface area (Å²) in [6.07, 6.45) is 0.662. The minimum atomic E-state index is -0.284. The lowest BCUT2D eigenvalue weighted by Gasteiger charge is -2.12. The zero-order chi connectivity index (χ0) is 13.1. The Hall–Kier alpha value is -0.960. The molecule has 1 aliphatic rings. The van der Waals surface area contributed by atoms with Crippen molar-refractivity contribution in [2.24, 2.45) is 5.10 Å². The van der Waals surface area contributed by atoms with Crippen molar-refractivity contribution in [2.45, 2.75) is 12.8 Å². The topological polar surface area (TPSA) is 70.6 Å². The van der Waals surface area contributed by atoms with E-state index in [1.165, 1.54) is 0 Å². The summed E-state index contributed by atoms with van der Waals surface area (Å²) >= 11 is 5.56. The van der Waals surface area contributed by atoms with E-state index in [2.05, 4.69) is 54.4 Å². The smallest absolute Gasteiger partial charge is 0.271 e.